The van der Waals surface area contributed by atoms with E-state index in [4.69, 9.17) is 0 Å². The maximum absolute atomic E-state index is 12.0. The lowest BCUT2D eigenvalue weighted by Gasteiger charge is -2.37. The van der Waals surface area contributed by atoms with E-state index in [-0.39, 0.29) is 31.4 Å². The molecule has 0 spiro atoms. The van der Waals surface area contributed by atoms with E-state index in [2.05, 4.69) is 10.1 Å². The Labute approximate surface area is 115 Å². The van der Waals surface area contributed by atoms with Gasteiger partial charge in [-0.3, -0.25) is 9.59 Å². The number of ether oxygens (including phenoxy) is 1. The molecular weight excluding hydrogens is 277 g/mol. The van der Waals surface area contributed by atoms with E-state index in [1.165, 1.54) is 4.90 Å². The largest absolute Gasteiger partial charge is 0.411 e. The van der Waals surface area contributed by atoms with Gasteiger partial charge in [0.1, 0.15) is 18.7 Å². The Balaban J connectivity index is 2.40. The summed E-state index contributed by atoms with van der Waals surface area (Å²) in [6.07, 6.45) is -3.60. The highest BCUT2D eigenvalue weighted by Gasteiger charge is 2.36. The maximum Gasteiger partial charge on any atom is 0.411 e. The van der Waals surface area contributed by atoms with Crippen LogP contribution in [0.3, 0.4) is 0 Å². The summed E-state index contributed by atoms with van der Waals surface area (Å²) in [5.41, 5.74) is 0. The first-order valence-corrected chi connectivity index (χ1v) is 6.51. The van der Waals surface area contributed by atoms with Crippen LogP contribution in [0.15, 0.2) is 0 Å². The van der Waals surface area contributed by atoms with Crippen LogP contribution in [0, 0.1) is 0 Å². The van der Waals surface area contributed by atoms with Crippen molar-refractivity contribution in [1.29, 1.82) is 0 Å². The zero-order valence-electron chi connectivity index (χ0n) is 11.5. The van der Waals surface area contributed by atoms with Gasteiger partial charge in [-0.25, -0.2) is 0 Å². The zero-order chi connectivity index (χ0) is 15.3. The van der Waals surface area contributed by atoms with Crippen molar-refractivity contribution in [3.05, 3.63) is 0 Å². The minimum absolute atomic E-state index is 0.103. The van der Waals surface area contributed by atoms with Gasteiger partial charge in [-0.1, -0.05) is 6.92 Å². The molecule has 116 valence electrons. The number of carbonyl (C=O) groups is 2. The molecule has 1 rings (SSSR count). The third-order valence-corrected chi connectivity index (χ3v) is 3.11. The van der Waals surface area contributed by atoms with Crippen LogP contribution in [-0.4, -0.2) is 54.7 Å². The smallest absolute Gasteiger partial charge is 0.372 e. The Bertz CT molecular complexity index is 360. The van der Waals surface area contributed by atoms with Gasteiger partial charge in [-0.2, -0.15) is 13.2 Å². The number of hydrogen-bond acceptors (Lipinski definition) is 3. The van der Waals surface area contributed by atoms with Crippen LogP contribution in [0.4, 0.5) is 13.2 Å². The van der Waals surface area contributed by atoms with E-state index in [1.807, 2.05) is 0 Å². The van der Waals surface area contributed by atoms with Crippen LogP contribution in [0.5, 0.6) is 0 Å². The summed E-state index contributed by atoms with van der Waals surface area (Å²) in [7, 11) is 0. The Hall–Kier alpha value is -1.31. The molecule has 8 heteroatoms. The monoisotopic (exact) mass is 296 g/mol. The van der Waals surface area contributed by atoms with Gasteiger partial charge < -0.3 is 15.0 Å². The van der Waals surface area contributed by atoms with Crippen LogP contribution in [0.2, 0.25) is 0 Å². The average Bonchev–Trinajstić information content (AvgIpc) is 2.35. The first-order chi connectivity index (χ1) is 9.26. The summed E-state index contributed by atoms with van der Waals surface area (Å²) in [5, 5.41) is 2.61. The molecule has 0 aromatic heterocycles. The second-order valence-electron chi connectivity index (χ2n) is 4.70. The third kappa shape index (κ3) is 4.66. The van der Waals surface area contributed by atoms with Crippen molar-refractivity contribution in [2.75, 3.05) is 19.8 Å². The van der Waals surface area contributed by atoms with E-state index in [0.717, 1.165) is 0 Å². The molecule has 20 heavy (non-hydrogen) atoms. The number of hydrogen-bond donors (Lipinski definition) is 1. The van der Waals surface area contributed by atoms with Gasteiger partial charge in [0.2, 0.25) is 11.8 Å². The fourth-order valence-corrected chi connectivity index (χ4v) is 1.99. The molecule has 1 saturated heterocycles. The van der Waals surface area contributed by atoms with Gasteiger partial charge in [0.15, 0.2) is 0 Å². The summed E-state index contributed by atoms with van der Waals surface area (Å²) in [6, 6.07) is -1.15. The summed E-state index contributed by atoms with van der Waals surface area (Å²) in [5.74, 6) is -0.442. The third-order valence-electron chi connectivity index (χ3n) is 3.11. The lowest BCUT2D eigenvalue weighted by Crippen LogP contribution is -2.62. The zero-order valence-corrected chi connectivity index (χ0v) is 11.5. The molecule has 0 aromatic carbocycles. The van der Waals surface area contributed by atoms with E-state index in [1.54, 1.807) is 13.8 Å². The van der Waals surface area contributed by atoms with E-state index >= 15 is 0 Å². The number of alkyl halides is 3. The van der Waals surface area contributed by atoms with Crippen molar-refractivity contribution < 1.29 is 27.5 Å². The topological polar surface area (TPSA) is 58.6 Å². The summed E-state index contributed by atoms with van der Waals surface area (Å²) in [4.78, 5) is 25.1. The molecule has 2 amide bonds. The molecule has 1 heterocycles. The highest BCUT2D eigenvalue weighted by Crippen LogP contribution is 2.15. The maximum atomic E-state index is 12.0. The molecule has 1 fully saturated rings. The molecule has 0 bridgehead atoms. The number of halogens is 3. The second-order valence-corrected chi connectivity index (χ2v) is 4.70. The molecular formula is C12H19F3N2O3. The number of nitrogens with one attached hydrogen (secondary N) is 1. The van der Waals surface area contributed by atoms with Crippen LogP contribution in [0.1, 0.15) is 26.7 Å². The van der Waals surface area contributed by atoms with Crippen molar-refractivity contribution in [2.45, 2.75) is 44.9 Å². The Morgan fingerprint density at radius 2 is 2.00 bits per heavy atom. The van der Waals surface area contributed by atoms with Gasteiger partial charge in [0, 0.05) is 13.2 Å². The summed E-state index contributed by atoms with van der Waals surface area (Å²) >= 11 is 0. The Morgan fingerprint density at radius 3 is 2.55 bits per heavy atom. The molecule has 0 aromatic rings. The van der Waals surface area contributed by atoms with Crippen molar-refractivity contribution in [1.82, 2.24) is 10.2 Å². The Kier molecular flexibility index (Phi) is 5.79. The predicted molar refractivity (Wildman–Crippen MR) is 64.9 cm³/mol. The van der Waals surface area contributed by atoms with Crippen molar-refractivity contribution in [3.63, 3.8) is 0 Å². The number of carbonyl (C=O) groups excluding carboxylic acids is 2. The highest BCUT2D eigenvalue weighted by atomic mass is 19.4. The molecule has 2 unspecified atom stereocenters. The lowest BCUT2D eigenvalue weighted by atomic mass is 10.1. The molecule has 2 atom stereocenters. The van der Waals surface area contributed by atoms with Crippen molar-refractivity contribution in [2.24, 2.45) is 0 Å². The van der Waals surface area contributed by atoms with Gasteiger partial charge in [-0.15, -0.1) is 0 Å². The van der Waals surface area contributed by atoms with Crippen LogP contribution >= 0.6 is 0 Å². The molecule has 5 nitrogen and oxygen atoms in total. The number of nitrogens with zero attached hydrogens (tertiary/aromatic N) is 1. The van der Waals surface area contributed by atoms with Crippen LogP contribution in [0.25, 0.3) is 0 Å². The van der Waals surface area contributed by atoms with Gasteiger partial charge in [0.05, 0.1) is 0 Å². The second kappa shape index (κ2) is 6.92. The van der Waals surface area contributed by atoms with E-state index in [0.29, 0.717) is 6.42 Å². The molecule has 0 aliphatic carbocycles. The summed E-state index contributed by atoms with van der Waals surface area (Å²) < 4.78 is 40.1. The molecule has 1 aliphatic rings. The van der Waals surface area contributed by atoms with Gasteiger partial charge in [0.25, 0.3) is 0 Å². The summed E-state index contributed by atoms with van der Waals surface area (Å²) in [6.45, 7) is 2.18. The minimum Gasteiger partial charge on any atom is -0.372 e. The molecule has 0 saturated carbocycles. The average molecular weight is 296 g/mol. The quantitative estimate of drug-likeness (QED) is 0.746. The number of amides is 2. The fourth-order valence-electron chi connectivity index (χ4n) is 1.99. The Morgan fingerprint density at radius 1 is 1.35 bits per heavy atom. The highest BCUT2D eigenvalue weighted by molar-refractivity contribution is 5.96. The molecule has 0 radical (unpaired) electrons. The van der Waals surface area contributed by atoms with Gasteiger partial charge in [-0.05, 0) is 19.8 Å². The molecule has 1 aliphatic heterocycles. The molecule has 1 N–H and O–H groups in total. The first kappa shape index (κ1) is 16.7. The number of piperazine rings is 1. The standard InChI is InChI=1S/C12H19F3N2O3/c1-3-9-11(19)17(8(2)10(18)16-9)5-4-6-20-7-12(13,14)15/h8-9H,3-7H2,1-2H3,(H,16,18). The van der Waals surface area contributed by atoms with Crippen LogP contribution in [-0.2, 0) is 14.3 Å². The normalized spacial score (nSPS) is 23.9. The van der Waals surface area contributed by atoms with Crippen LogP contribution < -0.4 is 5.32 Å². The van der Waals surface area contributed by atoms with Crippen molar-refractivity contribution >= 4 is 11.8 Å². The lowest BCUT2D eigenvalue weighted by molar-refractivity contribution is -0.174. The van der Waals surface area contributed by atoms with E-state index < -0.39 is 24.9 Å². The number of rotatable bonds is 6. The SMILES string of the molecule is CCC1NC(=O)C(C)N(CCCOCC(F)(F)F)C1=O. The van der Waals surface area contributed by atoms with Gasteiger partial charge >= 0.3 is 6.18 Å². The predicted octanol–water partition coefficient (Wildman–Crippen LogP) is 1.08. The fraction of sp³-hybridized carbons (Fsp3) is 0.833. The minimum atomic E-state index is -4.35. The van der Waals surface area contributed by atoms with Crippen molar-refractivity contribution in [3.8, 4) is 0 Å². The van der Waals surface area contributed by atoms with E-state index in [9.17, 15) is 22.8 Å². The first-order valence-electron chi connectivity index (χ1n) is 6.51.